The molecule has 2 aromatic rings. The van der Waals surface area contributed by atoms with Crippen molar-refractivity contribution in [2.45, 2.75) is 46.2 Å². The fourth-order valence-electron chi connectivity index (χ4n) is 5.49. The number of nitrogens with zero attached hydrogens (tertiary/aromatic N) is 2. The third-order valence-corrected chi connectivity index (χ3v) is 7.36. The predicted molar refractivity (Wildman–Crippen MR) is 139 cm³/mol. The minimum absolute atomic E-state index is 0.0225. The van der Waals surface area contributed by atoms with Crippen LogP contribution in [-0.4, -0.2) is 55.1 Å². The number of nitrogens with one attached hydrogen (secondary N) is 1. The van der Waals surface area contributed by atoms with Crippen molar-refractivity contribution in [2.75, 3.05) is 44.7 Å². The first-order valence-corrected chi connectivity index (χ1v) is 13.3. The Morgan fingerprint density at radius 1 is 1.26 bits per heavy atom. The van der Waals surface area contributed by atoms with Crippen molar-refractivity contribution >= 4 is 23.2 Å². The van der Waals surface area contributed by atoms with Crippen LogP contribution in [0.1, 0.15) is 43.4 Å². The zero-order chi connectivity index (χ0) is 24.4. The van der Waals surface area contributed by atoms with Crippen LogP contribution in [-0.2, 0) is 24.3 Å². The van der Waals surface area contributed by atoms with Gasteiger partial charge in [-0.1, -0.05) is 43.6 Å². The molecule has 1 N–H and O–H groups in total. The molecular formula is C28H36ClN3O3. The van der Waals surface area contributed by atoms with Gasteiger partial charge in [-0.25, -0.2) is 0 Å². The third-order valence-electron chi connectivity index (χ3n) is 7.08. The summed E-state index contributed by atoms with van der Waals surface area (Å²) in [5.74, 6) is 1.93. The van der Waals surface area contributed by atoms with Crippen LogP contribution in [0.2, 0.25) is 5.02 Å². The zero-order valence-corrected chi connectivity index (χ0v) is 21.6. The van der Waals surface area contributed by atoms with Gasteiger partial charge >= 0.3 is 0 Å². The monoisotopic (exact) mass is 497 g/mol. The van der Waals surface area contributed by atoms with E-state index in [1.54, 1.807) is 0 Å². The second kappa shape index (κ2) is 10.7. The maximum absolute atomic E-state index is 13.7. The van der Waals surface area contributed by atoms with Crippen molar-refractivity contribution in [3.8, 4) is 11.5 Å². The molecule has 1 atom stereocenters. The minimum atomic E-state index is 0.0225. The highest BCUT2D eigenvalue weighted by Crippen LogP contribution is 2.38. The van der Waals surface area contributed by atoms with Gasteiger partial charge in [-0.3, -0.25) is 9.69 Å². The molecule has 2 aromatic carbocycles. The van der Waals surface area contributed by atoms with Crippen molar-refractivity contribution in [3.05, 3.63) is 52.0 Å². The van der Waals surface area contributed by atoms with Crippen molar-refractivity contribution < 1.29 is 14.3 Å². The van der Waals surface area contributed by atoms with E-state index in [9.17, 15) is 4.79 Å². The molecule has 35 heavy (non-hydrogen) atoms. The van der Waals surface area contributed by atoms with Crippen LogP contribution in [0, 0.1) is 11.8 Å². The number of benzene rings is 2. The lowest BCUT2D eigenvalue weighted by molar-refractivity contribution is -0.136. The molecule has 5 rings (SSSR count). The van der Waals surface area contributed by atoms with Crippen molar-refractivity contribution in [1.82, 2.24) is 9.80 Å². The number of carbonyl (C=O) groups excluding carboxylic acids is 1. The summed E-state index contributed by atoms with van der Waals surface area (Å²) in [4.78, 5) is 18.1. The maximum Gasteiger partial charge on any atom is 0.227 e. The van der Waals surface area contributed by atoms with E-state index < -0.39 is 0 Å². The molecule has 0 saturated carbocycles. The number of rotatable bonds is 7. The van der Waals surface area contributed by atoms with Crippen LogP contribution in [0.5, 0.6) is 11.5 Å². The topological polar surface area (TPSA) is 54.0 Å². The molecule has 7 heteroatoms. The Morgan fingerprint density at radius 2 is 2.11 bits per heavy atom. The molecule has 0 spiro atoms. The van der Waals surface area contributed by atoms with Gasteiger partial charge in [0.1, 0.15) is 0 Å². The van der Waals surface area contributed by atoms with Crippen LogP contribution in [0.15, 0.2) is 30.3 Å². The Balaban J connectivity index is 1.27. The Labute approximate surface area is 213 Å². The number of ether oxygens (including phenoxy) is 2. The van der Waals surface area contributed by atoms with Crippen LogP contribution in [0.25, 0.3) is 0 Å². The highest BCUT2D eigenvalue weighted by Gasteiger charge is 2.32. The summed E-state index contributed by atoms with van der Waals surface area (Å²) in [7, 11) is 0. The molecule has 0 bridgehead atoms. The zero-order valence-electron chi connectivity index (χ0n) is 20.8. The number of carbonyl (C=O) groups is 1. The standard InChI is InChI=1S/C28H36ClN3O3/c1-19(2)15-32(16-20-13-24(29)27-25(14-20)34-11-4-12-35-27)28(33)23-8-10-31(18-23)17-22-6-3-5-21-7-9-30-26(21)22/h3,5-6,13-14,19,23,30H,4,7-12,15-18H2,1-2H3. The van der Waals surface area contributed by atoms with Gasteiger partial charge in [-0.2, -0.15) is 0 Å². The van der Waals surface area contributed by atoms with Crippen LogP contribution >= 0.6 is 11.6 Å². The van der Waals surface area contributed by atoms with Gasteiger partial charge in [0.15, 0.2) is 11.5 Å². The highest BCUT2D eigenvalue weighted by atomic mass is 35.5. The van der Waals surface area contributed by atoms with E-state index in [4.69, 9.17) is 21.1 Å². The lowest BCUT2D eigenvalue weighted by Gasteiger charge is -2.28. The van der Waals surface area contributed by atoms with Crippen LogP contribution < -0.4 is 14.8 Å². The third kappa shape index (κ3) is 5.54. The molecule has 1 amide bonds. The van der Waals surface area contributed by atoms with Gasteiger partial charge in [-0.05, 0) is 54.1 Å². The molecule has 188 valence electrons. The molecule has 3 heterocycles. The number of amides is 1. The number of hydrogen-bond acceptors (Lipinski definition) is 5. The Kier molecular flexibility index (Phi) is 7.40. The highest BCUT2D eigenvalue weighted by molar-refractivity contribution is 6.32. The molecule has 1 fully saturated rings. The fraction of sp³-hybridized carbons (Fsp3) is 0.536. The maximum atomic E-state index is 13.7. The molecule has 3 aliphatic rings. The van der Waals surface area contributed by atoms with E-state index >= 15 is 0 Å². The smallest absolute Gasteiger partial charge is 0.227 e. The second-order valence-electron chi connectivity index (χ2n) is 10.4. The summed E-state index contributed by atoms with van der Waals surface area (Å²) in [5.41, 5.74) is 5.03. The fourth-order valence-corrected chi connectivity index (χ4v) is 5.78. The Morgan fingerprint density at radius 3 is 2.97 bits per heavy atom. The van der Waals surface area contributed by atoms with Gasteiger partial charge < -0.3 is 19.7 Å². The molecule has 0 aliphatic carbocycles. The van der Waals surface area contributed by atoms with Crippen molar-refractivity contribution in [1.29, 1.82) is 0 Å². The molecule has 1 unspecified atom stereocenters. The van der Waals surface area contributed by atoms with E-state index in [-0.39, 0.29) is 11.8 Å². The number of hydrogen-bond donors (Lipinski definition) is 1. The van der Waals surface area contributed by atoms with E-state index in [1.807, 2.05) is 17.0 Å². The number of halogens is 1. The van der Waals surface area contributed by atoms with Gasteiger partial charge in [0, 0.05) is 44.8 Å². The quantitative estimate of drug-likeness (QED) is 0.585. The summed E-state index contributed by atoms with van der Waals surface area (Å²) in [6.07, 6.45) is 2.83. The molecule has 0 aromatic heterocycles. The average molecular weight is 498 g/mol. The largest absolute Gasteiger partial charge is 0.489 e. The number of para-hydroxylation sites is 1. The van der Waals surface area contributed by atoms with E-state index in [2.05, 4.69) is 42.3 Å². The second-order valence-corrected chi connectivity index (χ2v) is 10.8. The summed E-state index contributed by atoms with van der Waals surface area (Å²) in [6.45, 7) is 10.4. The molecule has 6 nitrogen and oxygen atoms in total. The SMILES string of the molecule is CC(C)CN(Cc1cc(Cl)c2c(c1)OCCCO2)C(=O)C1CCN(Cc2cccc3c2NCC3)C1. The predicted octanol–water partition coefficient (Wildman–Crippen LogP) is 4.98. The lowest BCUT2D eigenvalue weighted by atomic mass is 10.0. The number of likely N-dealkylation sites (tertiary alicyclic amines) is 1. The first kappa shape index (κ1) is 24.3. The van der Waals surface area contributed by atoms with Crippen LogP contribution in [0.4, 0.5) is 5.69 Å². The summed E-state index contributed by atoms with van der Waals surface area (Å²) in [5, 5.41) is 4.09. The summed E-state index contributed by atoms with van der Waals surface area (Å²) < 4.78 is 11.6. The Bertz CT molecular complexity index is 1070. The molecule has 1 saturated heterocycles. The average Bonchev–Trinajstić information content (AvgIpc) is 3.43. The number of anilines is 1. The summed E-state index contributed by atoms with van der Waals surface area (Å²) in [6, 6.07) is 10.5. The summed E-state index contributed by atoms with van der Waals surface area (Å²) >= 11 is 6.53. The Hall–Kier alpha value is -2.44. The number of fused-ring (bicyclic) bond motifs is 2. The van der Waals surface area contributed by atoms with E-state index in [0.717, 1.165) is 57.5 Å². The van der Waals surface area contributed by atoms with Gasteiger partial charge in [0.25, 0.3) is 0 Å². The first-order chi connectivity index (χ1) is 17.0. The van der Waals surface area contributed by atoms with E-state index in [0.29, 0.717) is 42.2 Å². The normalized spacial score (nSPS) is 19.4. The minimum Gasteiger partial charge on any atom is -0.489 e. The van der Waals surface area contributed by atoms with E-state index in [1.165, 1.54) is 16.8 Å². The van der Waals surface area contributed by atoms with Crippen molar-refractivity contribution in [3.63, 3.8) is 0 Å². The van der Waals surface area contributed by atoms with Crippen molar-refractivity contribution in [2.24, 2.45) is 11.8 Å². The molecule has 0 radical (unpaired) electrons. The van der Waals surface area contributed by atoms with Crippen LogP contribution in [0.3, 0.4) is 0 Å². The molecule has 3 aliphatic heterocycles. The van der Waals surface area contributed by atoms with Gasteiger partial charge in [0.2, 0.25) is 5.91 Å². The van der Waals surface area contributed by atoms with Gasteiger partial charge in [-0.15, -0.1) is 0 Å². The van der Waals surface area contributed by atoms with Gasteiger partial charge in [0.05, 0.1) is 24.2 Å². The molecular weight excluding hydrogens is 462 g/mol. The first-order valence-electron chi connectivity index (χ1n) is 12.9. The lowest BCUT2D eigenvalue weighted by Crippen LogP contribution is -2.39.